The lowest BCUT2D eigenvalue weighted by Crippen LogP contribution is -2.62. The number of rotatable bonds is 4. The second-order valence-electron chi connectivity index (χ2n) is 9.66. The molecule has 2 saturated heterocycles. The number of ether oxygens (including phenoxy) is 1. The number of nitrogens with zero attached hydrogens (tertiary/aromatic N) is 4. The van der Waals surface area contributed by atoms with Gasteiger partial charge >= 0.3 is 0 Å². The summed E-state index contributed by atoms with van der Waals surface area (Å²) < 4.78 is 4.83. The molecule has 3 aliphatic heterocycles. The summed E-state index contributed by atoms with van der Waals surface area (Å²) in [7, 11) is 5.30. The molecule has 37 heavy (non-hydrogen) atoms. The van der Waals surface area contributed by atoms with Crippen LogP contribution in [-0.4, -0.2) is 63.4 Å². The van der Waals surface area contributed by atoms with E-state index < -0.39 is 10.3 Å². The van der Waals surface area contributed by atoms with Gasteiger partial charge in [-0.1, -0.05) is 60.4 Å². The van der Waals surface area contributed by atoms with E-state index in [1.807, 2.05) is 72.6 Å². The molecule has 1 unspecified atom stereocenters. The molecule has 0 saturated carbocycles. The first-order valence-electron chi connectivity index (χ1n) is 12.0. The van der Waals surface area contributed by atoms with Crippen molar-refractivity contribution in [3.05, 3.63) is 89.7 Å². The minimum absolute atomic E-state index is 0.144. The maximum atomic E-state index is 14.8. The van der Waals surface area contributed by atoms with Gasteiger partial charge in [-0.3, -0.25) is 24.4 Å². The minimum atomic E-state index is -1.27. The lowest BCUT2D eigenvalue weighted by molar-refractivity contribution is -0.139. The second-order valence-corrected chi connectivity index (χ2v) is 11.5. The molecule has 188 valence electrons. The van der Waals surface area contributed by atoms with Gasteiger partial charge < -0.3 is 9.64 Å². The summed E-state index contributed by atoms with van der Waals surface area (Å²) in [6.07, 6.45) is 3.51. The Bertz CT molecular complexity index is 1420. The van der Waals surface area contributed by atoms with E-state index in [2.05, 4.69) is 4.98 Å². The third-order valence-electron chi connectivity index (χ3n) is 7.93. The van der Waals surface area contributed by atoms with Crippen LogP contribution in [0.1, 0.15) is 22.6 Å². The van der Waals surface area contributed by atoms with Crippen LogP contribution < -0.4 is 9.64 Å². The first-order chi connectivity index (χ1) is 17.9. The summed E-state index contributed by atoms with van der Waals surface area (Å²) in [5, 5.41) is 0. The van der Waals surface area contributed by atoms with Crippen LogP contribution in [0.25, 0.3) is 0 Å². The Kier molecular flexibility index (Phi) is 5.63. The SMILES string of the molecule is COc1ccc2c(c1)[C@]1(C(=O)N2C)N(C)CC(c2cccnc2)[C@@]12SC(=S)N(Cc1ccccc1)C2=O. The van der Waals surface area contributed by atoms with Crippen molar-refractivity contribution in [2.75, 3.05) is 32.6 Å². The molecule has 3 atom stereocenters. The number of hydrogen-bond acceptors (Lipinski definition) is 7. The Morgan fingerprint density at radius 1 is 1.08 bits per heavy atom. The maximum Gasteiger partial charge on any atom is 0.254 e. The Morgan fingerprint density at radius 2 is 1.86 bits per heavy atom. The number of aromatic nitrogens is 1. The molecule has 1 aromatic heterocycles. The first kappa shape index (κ1) is 24.1. The Morgan fingerprint density at radius 3 is 2.57 bits per heavy atom. The number of carbonyl (C=O) groups excluding carboxylic acids is 2. The number of hydrogen-bond donors (Lipinski definition) is 0. The second kappa shape index (κ2) is 8.65. The maximum absolute atomic E-state index is 14.8. The smallest absolute Gasteiger partial charge is 0.254 e. The number of pyridine rings is 1. The van der Waals surface area contributed by atoms with Crippen molar-refractivity contribution >= 4 is 45.8 Å². The van der Waals surface area contributed by atoms with Crippen LogP contribution in [0.2, 0.25) is 0 Å². The van der Waals surface area contributed by atoms with E-state index in [-0.39, 0.29) is 17.7 Å². The molecule has 3 aromatic rings. The highest BCUT2D eigenvalue weighted by molar-refractivity contribution is 8.25. The fourth-order valence-corrected chi connectivity index (χ4v) is 8.41. The zero-order chi connectivity index (χ0) is 25.9. The van der Waals surface area contributed by atoms with Crippen LogP contribution in [0, 0.1) is 0 Å². The first-order valence-corrected chi connectivity index (χ1v) is 13.3. The highest BCUT2D eigenvalue weighted by Gasteiger charge is 2.78. The topological polar surface area (TPSA) is 66.0 Å². The van der Waals surface area contributed by atoms with E-state index in [1.54, 1.807) is 36.4 Å². The number of thioether (sulfide) groups is 1. The fraction of sp³-hybridized carbons (Fsp3) is 0.286. The third-order valence-corrected chi connectivity index (χ3v) is 9.87. The predicted octanol–water partition coefficient (Wildman–Crippen LogP) is 3.79. The number of benzene rings is 2. The van der Waals surface area contributed by atoms with Crippen LogP contribution in [-0.2, 0) is 21.7 Å². The Labute approximate surface area is 225 Å². The molecular formula is C28H26N4O3S2. The number of likely N-dealkylation sites (N-methyl/N-ethyl adjacent to an activating group) is 2. The molecule has 7 nitrogen and oxygen atoms in total. The molecule has 2 fully saturated rings. The van der Waals surface area contributed by atoms with Gasteiger partial charge in [-0.25, -0.2) is 0 Å². The average molecular weight is 531 g/mol. The number of fused-ring (bicyclic) bond motifs is 3. The van der Waals surface area contributed by atoms with Gasteiger partial charge in [-0.05, 0) is 42.4 Å². The molecule has 0 N–H and O–H groups in total. The third kappa shape index (κ3) is 3.11. The van der Waals surface area contributed by atoms with E-state index in [9.17, 15) is 9.59 Å². The molecule has 0 aliphatic carbocycles. The van der Waals surface area contributed by atoms with Crippen LogP contribution in [0.4, 0.5) is 5.69 Å². The molecule has 9 heteroatoms. The number of thiocarbonyl (C=S) groups is 1. The lowest BCUT2D eigenvalue weighted by atomic mass is 9.72. The average Bonchev–Trinajstić information content (AvgIpc) is 3.43. The number of likely N-dealkylation sites (tertiary alicyclic amines) is 1. The predicted molar refractivity (Wildman–Crippen MR) is 148 cm³/mol. The molecule has 0 bridgehead atoms. The minimum Gasteiger partial charge on any atom is -0.497 e. The van der Waals surface area contributed by atoms with Crippen molar-refractivity contribution in [1.29, 1.82) is 0 Å². The zero-order valence-electron chi connectivity index (χ0n) is 20.7. The van der Waals surface area contributed by atoms with Gasteiger partial charge in [0.05, 0.1) is 13.7 Å². The van der Waals surface area contributed by atoms with Crippen LogP contribution >= 0.6 is 24.0 Å². The van der Waals surface area contributed by atoms with Crippen LogP contribution in [0.5, 0.6) is 5.75 Å². The van der Waals surface area contributed by atoms with Gasteiger partial charge in [0.25, 0.3) is 5.91 Å². The van der Waals surface area contributed by atoms with E-state index in [4.69, 9.17) is 17.0 Å². The number of methoxy groups -OCH3 is 1. The summed E-state index contributed by atoms with van der Waals surface area (Å²) in [5.41, 5.74) is 2.14. The molecule has 3 aliphatic rings. The molecule has 2 spiro atoms. The quantitative estimate of drug-likeness (QED) is 0.476. The van der Waals surface area contributed by atoms with Gasteiger partial charge in [0.15, 0.2) is 5.54 Å². The molecule has 4 heterocycles. The van der Waals surface area contributed by atoms with Crippen molar-refractivity contribution in [3.63, 3.8) is 0 Å². The van der Waals surface area contributed by atoms with E-state index in [1.165, 1.54) is 11.8 Å². The number of amides is 2. The standard InChI is InChI=1S/C28H26N4O3S2/c1-30-17-22(19-10-7-13-29-15-19)28(25(34)32(26(36)37-28)16-18-8-5-4-6-9-18)27(30)21-14-20(35-3)11-12-23(21)31(2)24(27)33/h4-15,22H,16-17H2,1-3H3/t22?,27-,28+/m1/s1. The zero-order valence-corrected chi connectivity index (χ0v) is 22.4. The Hall–Kier alpha value is -3.27. The van der Waals surface area contributed by atoms with Crippen molar-refractivity contribution in [2.24, 2.45) is 0 Å². The van der Waals surface area contributed by atoms with Gasteiger partial charge in [-0.15, -0.1) is 0 Å². The number of carbonyl (C=O) groups is 2. The molecule has 6 rings (SSSR count). The summed E-state index contributed by atoms with van der Waals surface area (Å²) in [4.78, 5) is 39.0. The van der Waals surface area contributed by atoms with Crippen molar-refractivity contribution in [1.82, 2.24) is 14.8 Å². The molecule has 2 amide bonds. The molecular weight excluding hydrogens is 504 g/mol. The molecule has 2 aromatic carbocycles. The van der Waals surface area contributed by atoms with Crippen molar-refractivity contribution in [3.8, 4) is 5.75 Å². The summed E-state index contributed by atoms with van der Waals surface area (Å²) in [6, 6.07) is 19.3. The van der Waals surface area contributed by atoms with Gasteiger partial charge in [0, 0.05) is 43.2 Å². The van der Waals surface area contributed by atoms with Gasteiger partial charge in [0.1, 0.15) is 14.8 Å². The van der Waals surface area contributed by atoms with Crippen LogP contribution in [0.3, 0.4) is 0 Å². The highest BCUT2D eigenvalue weighted by Crippen LogP contribution is 2.66. The Balaban J connectivity index is 1.60. The number of anilines is 1. The largest absolute Gasteiger partial charge is 0.497 e. The monoisotopic (exact) mass is 530 g/mol. The molecule has 0 radical (unpaired) electrons. The van der Waals surface area contributed by atoms with E-state index >= 15 is 0 Å². The summed E-state index contributed by atoms with van der Waals surface area (Å²) in [5.74, 6) is 0.0162. The van der Waals surface area contributed by atoms with Crippen molar-refractivity contribution < 1.29 is 14.3 Å². The summed E-state index contributed by atoms with van der Waals surface area (Å²) in [6.45, 7) is 0.838. The normalized spacial score (nSPS) is 27.1. The van der Waals surface area contributed by atoms with Gasteiger partial charge in [0.2, 0.25) is 5.91 Å². The van der Waals surface area contributed by atoms with Crippen molar-refractivity contribution in [2.45, 2.75) is 22.7 Å². The van der Waals surface area contributed by atoms with E-state index in [0.717, 1.165) is 22.4 Å². The van der Waals surface area contributed by atoms with Gasteiger partial charge in [-0.2, -0.15) is 0 Å². The lowest BCUT2D eigenvalue weighted by Gasteiger charge is -2.42. The fourth-order valence-electron chi connectivity index (χ4n) is 6.29. The van der Waals surface area contributed by atoms with E-state index in [0.29, 0.717) is 23.2 Å². The highest BCUT2D eigenvalue weighted by atomic mass is 32.2. The summed E-state index contributed by atoms with van der Waals surface area (Å²) >= 11 is 7.23. The van der Waals surface area contributed by atoms with Crippen LogP contribution in [0.15, 0.2) is 73.1 Å².